The van der Waals surface area contributed by atoms with Gasteiger partial charge in [0.1, 0.15) is 0 Å². The lowest BCUT2D eigenvalue weighted by atomic mass is 10.1. The largest absolute Gasteiger partial charge is 0.392 e. The number of carbonyl (C=O) groups excluding carboxylic acids is 1. The standard InChI is InChI=1S/C15H22N2O2S/c1-11(18)10-16-5-7-17(8-6-16)15(19)14-13(4-9-20-14)12-2-3-12/h4,9,11-12,18H,2-3,5-8,10H2,1H3/t11-/m1/s1. The number of hydrogen-bond acceptors (Lipinski definition) is 4. The number of amides is 1. The average Bonchev–Trinajstić information content (AvgIpc) is 3.16. The number of carbonyl (C=O) groups is 1. The zero-order chi connectivity index (χ0) is 14.1. The van der Waals surface area contributed by atoms with E-state index in [2.05, 4.69) is 11.0 Å². The Morgan fingerprint density at radius 3 is 2.70 bits per heavy atom. The van der Waals surface area contributed by atoms with Gasteiger partial charge in [-0.15, -0.1) is 11.3 Å². The lowest BCUT2D eigenvalue weighted by Gasteiger charge is -2.35. The topological polar surface area (TPSA) is 43.8 Å². The molecule has 1 saturated carbocycles. The highest BCUT2D eigenvalue weighted by molar-refractivity contribution is 7.12. The SMILES string of the molecule is C[C@@H](O)CN1CCN(C(=O)c2sccc2C2CC2)CC1. The van der Waals surface area contributed by atoms with E-state index in [1.807, 2.05) is 17.2 Å². The molecule has 1 saturated heterocycles. The number of thiophene rings is 1. The van der Waals surface area contributed by atoms with Gasteiger partial charge in [-0.2, -0.15) is 0 Å². The molecule has 1 N–H and O–H groups in total. The molecule has 0 bridgehead atoms. The zero-order valence-corrected chi connectivity index (χ0v) is 12.7. The minimum absolute atomic E-state index is 0.207. The molecular formula is C15H22N2O2S. The van der Waals surface area contributed by atoms with Crippen LogP contribution in [0.1, 0.15) is 40.9 Å². The van der Waals surface area contributed by atoms with Gasteiger partial charge in [0, 0.05) is 32.7 Å². The summed E-state index contributed by atoms with van der Waals surface area (Å²) in [5.74, 6) is 0.843. The summed E-state index contributed by atoms with van der Waals surface area (Å²) in [7, 11) is 0. The van der Waals surface area contributed by atoms with E-state index in [-0.39, 0.29) is 12.0 Å². The van der Waals surface area contributed by atoms with Crippen molar-refractivity contribution >= 4 is 17.2 Å². The summed E-state index contributed by atoms with van der Waals surface area (Å²) in [6, 6.07) is 2.12. The van der Waals surface area contributed by atoms with Gasteiger partial charge in [0.25, 0.3) is 5.91 Å². The van der Waals surface area contributed by atoms with Crippen LogP contribution in [0.4, 0.5) is 0 Å². The van der Waals surface area contributed by atoms with E-state index in [0.717, 1.165) is 31.1 Å². The molecule has 1 atom stereocenters. The van der Waals surface area contributed by atoms with Crippen molar-refractivity contribution in [2.75, 3.05) is 32.7 Å². The molecular weight excluding hydrogens is 272 g/mol. The number of hydrogen-bond donors (Lipinski definition) is 1. The second-order valence-corrected chi connectivity index (χ2v) is 6.84. The van der Waals surface area contributed by atoms with Crippen molar-refractivity contribution in [3.8, 4) is 0 Å². The fraction of sp³-hybridized carbons (Fsp3) is 0.667. The van der Waals surface area contributed by atoms with E-state index in [1.54, 1.807) is 11.3 Å². The average molecular weight is 294 g/mol. The van der Waals surface area contributed by atoms with Gasteiger partial charge < -0.3 is 10.0 Å². The molecule has 5 heteroatoms. The summed E-state index contributed by atoms with van der Waals surface area (Å²) in [4.78, 5) is 17.8. The number of piperazine rings is 1. The molecule has 0 unspecified atom stereocenters. The minimum atomic E-state index is -0.295. The molecule has 1 aromatic rings. The molecule has 1 aromatic heterocycles. The van der Waals surface area contributed by atoms with E-state index in [1.165, 1.54) is 18.4 Å². The quantitative estimate of drug-likeness (QED) is 0.920. The van der Waals surface area contributed by atoms with Crippen LogP contribution in [0.5, 0.6) is 0 Å². The Kier molecular flexibility index (Phi) is 4.10. The van der Waals surface area contributed by atoms with Gasteiger partial charge in [-0.1, -0.05) is 0 Å². The zero-order valence-electron chi connectivity index (χ0n) is 11.9. The van der Waals surface area contributed by atoms with Crippen molar-refractivity contribution in [1.82, 2.24) is 9.80 Å². The molecule has 110 valence electrons. The summed E-state index contributed by atoms with van der Waals surface area (Å²) in [6.07, 6.45) is 2.18. The van der Waals surface area contributed by atoms with Gasteiger partial charge in [0.2, 0.25) is 0 Å². The van der Waals surface area contributed by atoms with E-state index < -0.39 is 0 Å². The monoisotopic (exact) mass is 294 g/mol. The normalized spacial score (nSPS) is 22.0. The molecule has 3 rings (SSSR count). The fourth-order valence-electron chi connectivity index (χ4n) is 2.86. The minimum Gasteiger partial charge on any atom is -0.392 e. The van der Waals surface area contributed by atoms with E-state index in [0.29, 0.717) is 12.5 Å². The molecule has 0 radical (unpaired) electrons. The third-order valence-corrected chi connectivity index (χ3v) is 5.01. The molecule has 1 aliphatic carbocycles. The molecule has 2 fully saturated rings. The molecule has 4 nitrogen and oxygen atoms in total. The lowest BCUT2D eigenvalue weighted by molar-refractivity contribution is 0.0557. The van der Waals surface area contributed by atoms with Crippen molar-refractivity contribution < 1.29 is 9.90 Å². The van der Waals surface area contributed by atoms with E-state index >= 15 is 0 Å². The Balaban J connectivity index is 1.60. The second-order valence-electron chi connectivity index (χ2n) is 5.92. The molecule has 0 aromatic carbocycles. The maximum absolute atomic E-state index is 12.6. The van der Waals surface area contributed by atoms with Crippen LogP contribution in [0, 0.1) is 0 Å². The number of nitrogens with zero attached hydrogens (tertiary/aromatic N) is 2. The smallest absolute Gasteiger partial charge is 0.264 e. The van der Waals surface area contributed by atoms with Crippen molar-refractivity contribution in [3.63, 3.8) is 0 Å². The Labute approximate surface area is 124 Å². The van der Waals surface area contributed by atoms with Crippen LogP contribution in [-0.4, -0.2) is 59.6 Å². The summed E-state index contributed by atoms with van der Waals surface area (Å²) >= 11 is 1.59. The van der Waals surface area contributed by atoms with Gasteiger partial charge in [0.05, 0.1) is 11.0 Å². The maximum Gasteiger partial charge on any atom is 0.264 e. The van der Waals surface area contributed by atoms with Crippen LogP contribution < -0.4 is 0 Å². The van der Waals surface area contributed by atoms with Crippen LogP contribution in [-0.2, 0) is 0 Å². The Morgan fingerprint density at radius 2 is 2.10 bits per heavy atom. The Hall–Kier alpha value is -0.910. The fourth-order valence-corrected chi connectivity index (χ4v) is 3.81. The molecule has 1 amide bonds. The Bertz CT molecular complexity index is 474. The van der Waals surface area contributed by atoms with Crippen LogP contribution in [0.25, 0.3) is 0 Å². The molecule has 1 aliphatic heterocycles. The summed E-state index contributed by atoms with van der Waals surface area (Å²) in [5.41, 5.74) is 1.27. The molecule has 2 heterocycles. The third kappa shape index (κ3) is 3.05. The highest BCUT2D eigenvalue weighted by Gasteiger charge is 2.31. The maximum atomic E-state index is 12.6. The first-order valence-electron chi connectivity index (χ1n) is 7.42. The first kappa shape index (κ1) is 14.0. The van der Waals surface area contributed by atoms with Gasteiger partial charge in [0.15, 0.2) is 0 Å². The highest BCUT2D eigenvalue weighted by atomic mass is 32.1. The van der Waals surface area contributed by atoms with Crippen molar-refractivity contribution in [3.05, 3.63) is 21.9 Å². The van der Waals surface area contributed by atoms with Crippen molar-refractivity contribution in [1.29, 1.82) is 0 Å². The van der Waals surface area contributed by atoms with Gasteiger partial charge >= 0.3 is 0 Å². The second kappa shape index (κ2) is 5.84. The highest BCUT2D eigenvalue weighted by Crippen LogP contribution is 2.43. The number of aliphatic hydroxyl groups excluding tert-OH is 1. The van der Waals surface area contributed by atoms with Gasteiger partial charge in [-0.05, 0) is 42.7 Å². The van der Waals surface area contributed by atoms with Crippen molar-refractivity contribution in [2.24, 2.45) is 0 Å². The summed E-state index contributed by atoms with van der Waals surface area (Å²) < 4.78 is 0. The van der Waals surface area contributed by atoms with Crippen LogP contribution >= 0.6 is 11.3 Å². The summed E-state index contributed by atoms with van der Waals surface area (Å²) in [5, 5.41) is 11.5. The lowest BCUT2D eigenvalue weighted by Crippen LogP contribution is -2.50. The van der Waals surface area contributed by atoms with Gasteiger partial charge in [-0.3, -0.25) is 9.69 Å². The van der Waals surface area contributed by atoms with Gasteiger partial charge in [-0.25, -0.2) is 0 Å². The molecule has 2 aliphatic rings. The number of aliphatic hydroxyl groups is 1. The van der Waals surface area contributed by atoms with Crippen LogP contribution in [0.2, 0.25) is 0 Å². The first-order chi connectivity index (χ1) is 9.65. The van der Waals surface area contributed by atoms with Crippen LogP contribution in [0.15, 0.2) is 11.4 Å². The third-order valence-electron chi connectivity index (χ3n) is 4.09. The summed E-state index contributed by atoms with van der Waals surface area (Å²) in [6.45, 7) is 5.78. The first-order valence-corrected chi connectivity index (χ1v) is 8.30. The van der Waals surface area contributed by atoms with Crippen LogP contribution in [0.3, 0.4) is 0 Å². The predicted molar refractivity (Wildman–Crippen MR) is 80.3 cm³/mol. The van der Waals surface area contributed by atoms with Crippen molar-refractivity contribution in [2.45, 2.75) is 31.8 Å². The van der Waals surface area contributed by atoms with E-state index in [9.17, 15) is 9.90 Å². The predicted octanol–water partition coefficient (Wildman–Crippen LogP) is 1.76. The number of rotatable bonds is 4. The Morgan fingerprint density at radius 1 is 1.40 bits per heavy atom. The number of β-amino-alcohol motifs (C(OH)–C–C–N with tert-alkyl or cyclic N) is 1. The van der Waals surface area contributed by atoms with E-state index in [4.69, 9.17) is 0 Å². The molecule has 0 spiro atoms. The molecule has 20 heavy (non-hydrogen) atoms.